The quantitative estimate of drug-likeness (QED) is 0.792. The van der Waals surface area contributed by atoms with Crippen LogP contribution in [0.1, 0.15) is 11.1 Å². The first kappa shape index (κ1) is 10.7. The first-order valence-electron chi connectivity index (χ1n) is 4.45. The third-order valence-corrected chi connectivity index (χ3v) is 2.23. The maximum Gasteiger partial charge on any atom is 0.333 e. The van der Waals surface area contributed by atoms with Crippen LogP contribution in [0.2, 0.25) is 0 Å². The number of rotatable bonds is 4. The van der Waals surface area contributed by atoms with Crippen molar-refractivity contribution < 1.29 is 14.6 Å². The van der Waals surface area contributed by atoms with Gasteiger partial charge in [-0.2, -0.15) is 0 Å². The van der Waals surface area contributed by atoms with Crippen molar-refractivity contribution in [3.8, 4) is 0 Å². The average molecular weight is 194 g/mol. The third-order valence-electron chi connectivity index (χ3n) is 2.23. The Morgan fingerprint density at radius 1 is 1.50 bits per heavy atom. The molecule has 0 aliphatic heterocycles. The van der Waals surface area contributed by atoms with Gasteiger partial charge in [0.1, 0.15) is 0 Å². The van der Waals surface area contributed by atoms with Crippen LogP contribution in [0.4, 0.5) is 0 Å². The lowest BCUT2D eigenvalue weighted by atomic mass is 10.0. The SMILES string of the molecule is CO[C@H](Cc1ccccc1C)C(=O)O. The molecule has 0 saturated heterocycles. The van der Waals surface area contributed by atoms with E-state index in [9.17, 15) is 4.79 Å². The van der Waals surface area contributed by atoms with Gasteiger partial charge in [-0.1, -0.05) is 24.3 Å². The molecule has 0 aliphatic carbocycles. The minimum Gasteiger partial charge on any atom is -0.479 e. The molecule has 0 spiro atoms. The summed E-state index contributed by atoms with van der Waals surface area (Å²) in [7, 11) is 1.41. The smallest absolute Gasteiger partial charge is 0.333 e. The molecule has 1 atom stereocenters. The van der Waals surface area contributed by atoms with E-state index < -0.39 is 12.1 Å². The molecule has 0 bridgehead atoms. The van der Waals surface area contributed by atoms with Gasteiger partial charge >= 0.3 is 5.97 Å². The summed E-state index contributed by atoms with van der Waals surface area (Å²) in [6, 6.07) is 7.71. The molecule has 1 rings (SSSR count). The van der Waals surface area contributed by atoms with E-state index in [1.807, 2.05) is 31.2 Å². The van der Waals surface area contributed by atoms with E-state index in [4.69, 9.17) is 9.84 Å². The van der Waals surface area contributed by atoms with Gasteiger partial charge in [0.15, 0.2) is 6.10 Å². The van der Waals surface area contributed by atoms with Crippen molar-refractivity contribution in [1.29, 1.82) is 0 Å². The summed E-state index contributed by atoms with van der Waals surface area (Å²) in [4.78, 5) is 10.7. The molecule has 14 heavy (non-hydrogen) atoms. The largest absolute Gasteiger partial charge is 0.479 e. The molecule has 1 aromatic rings. The highest BCUT2D eigenvalue weighted by atomic mass is 16.5. The van der Waals surface area contributed by atoms with Gasteiger partial charge in [0.05, 0.1) is 0 Å². The van der Waals surface area contributed by atoms with Crippen LogP contribution in [0, 0.1) is 6.92 Å². The maximum absolute atomic E-state index is 10.7. The molecule has 0 heterocycles. The molecular formula is C11H14O3. The Bertz CT molecular complexity index is 320. The molecule has 0 saturated carbocycles. The van der Waals surface area contributed by atoms with E-state index in [-0.39, 0.29) is 0 Å². The summed E-state index contributed by atoms with van der Waals surface area (Å²) >= 11 is 0. The van der Waals surface area contributed by atoms with Crippen molar-refractivity contribution in [3.63, 3.8) is 0 Å². The minimum absolute atomic E-state index is 0.415. The Kier molecular flexibility index (Phi) is 3.65. The number of methoxy groups -OCH3 is 1. The first-order chi connectivity index (χ1) is 6.65. The lowest BCUT2D eigenvalue weighted by molar-refractivity contribution is -0.148. The fourth-order valence-corrected chi connectivity index (χ4v) is 1.31. The molecule has 0 amide bonds. The second kappa shape index (κ2) is 4.77. The predicted octanol–water partition coefficient (Wildman–Crippen LogP) is 1.64. The van der Waals surface area contributed by atoms with Crippen molar-refractivity contribution in [2.24, 2.45) is 0 Å². The summed E-state index contributed by atoms with van der Waals surface area (Å²) < 4.78 is 4.87. The van der Waals surface area contributed by atoms with Gasteiger partial charge in [-0.05, 0) is 18.1 Å². The number of ether oxygens (including phenoxy) is 1. The Morgan fingerprint density at radius 2 is 2.14 bits per heavy atom. The van der Waals surface area contributed by atoms with E-state index in [1.165, 1.54) is 7.11 Å². The van der Waals surface area contributed by atoms with Gasteiger partial charge < -0.3 is 9.84 Å². The van der Waals surface area contributed by atoms with Crippen molar-refractivity contribution >= 4 is 5.97 Å². The summed E-state index contributed by atoms with van der Waals surface area (Å²) in [5, 5.41) is 8.80. The molecule has 1 aromatic carbocycles. The molecule has 1 N–H and O–H groups in total. The molecular weight excluding hydrogens is 180 g/mol. The van der Waals surface area contributed by atoms with Gasteiger partial charge in [-0.15, -0.1) is 0 Å². The van der Waals surface area contributed by atoms with Crippen LogP contribution in [-0.4, -0.2) is 24.3 Å². The summed E-state index contributed by atoms with van der Waals surface area (Å²) in [5.41, 5.74) is 2.11. The van der Waals surface area contributed by atoms with Crippen molar-refractivity contribution in [2.45, 2.75) is 19.4 Å². The van der Waals surface area contributed by atoms with E-state index in [0.29, 0.717) is 6.42 Å². The normalized spacial score (nSPS) is 12.4. The van der Waals surface area contributed by atoms with Gasteiger partial charge in [0.25, 0.3) is 0 Å². The van der Waals surface area contributed by atoms with Crippen molar-refractivity contribution in [1.82, 2.24) is 0 Å². The molecule has 0 aromatic heterocycles. The second-order valence-electron chi connectivity index (χ2n) is 3.19. The number of benzene rings is 1. The molecule has 0 fully saturated rings. The highest BCUT2D eigenvalue weighted by Crippen LogP contribution is 2.11. The highest BCUT2D eigenvalue weighted by Gasteiger charge is 2.17. The monoisotopic (exact) mass is 194 g/mol. The lowest BCUT2D eigenvalue weighted by Gasteiger charge is -2.11. The third kappa shape index (κ3) is 2.57. The molecule has 0 radical (unpaired) electrons. The van der Waals surface area contributed by atoms with Gasteiger partial charge in [-0.3, -0.25) is 0 Å². The zero-order chi connectivity index (χ0) is 10.6. The topological polar surface area (TPSA) is 46.5 Å². The molecule has 3 nitrogen and oxygen atoms in total. The van der Waals surface area contributed by atoms with Crippen LogP contribution < -0.4 is 0 Å². The number of carbonyl (C=O) groups is 1. The van der Waals surface area contributed by atoms with Crippen LogP contribution in [0.25, 0.3) is 0 Å². The second-order valence-corrected chi connectivity index (χ2v) is 3.19. The number of aliphatic carboxylic acids is 1. The number of carboxylic acid groups (broad SMARTS) is 1. The first-order valence-corrected chi connectivity index (χ1v) is 4.45. The van der Waals surface area contributed by atoms with Crippen LogP contribution in [0.3, 0.4) is 0 Å². The maximum atomic E-state index is 10.7. The molecule has 0 unspecified atom stereocenters. The fraction of sp³-hybridized carbons (Fsp3) is 0.364. The number of carboxylic acids is 1. The summed E-state index contributed by atoms with van der Waals surface area (Å²) in [6.45, 7) is 1.96. The Hall–Kier alpha value is -1.35. The Labute approximate surface area is 83.3 Å². The van der Waals surface area contributed by atoms with Crippen LogP contribution in [0.15, 0.2) is 24.3 Å². The van der Waals surface area contributed by atoms with Gasteiger partial charge in [0, 0.05) is 13.5 Å². The van der Waals surface area contributed by atoms with Gasteiger partial charge in [-0.25, -0.2) is 4.79 Å². The number of hydrogen-bond acceptors (Lipinski definition) is 2. The van der Waals surface area contributed by atoms with E-state index in [2.05, 4.69) is 0 Å². The lowest BCUT2D eigenvalue weighted by Crippen LogP contribution is -2.25. The van der Waals surface area contributed by atoms with Crippen LogP contribution in [-0.2, 0) is 16.0 Å². The summed E-state index contributed by atoms with van der Waals surface area (Å²) in [6.07, 6.45) is -0.338. The Balaban J connectivity index is 2.77. The van der Waals surface area contributed by atoms with Crippen molar-refractivity contribution in [3.05, 3.63) is 35.4 Å². The van der Waals surface area contributed by atoms with Crippen LogP contribution in [0.5, 0.6) is 0 Å². The summed E-state index contributed by atoms with van der Waals surface area (Å²) in [5.74, 6) is -0.921. The zero-order valence-corrected chi connectivity index (χ0v) is 8.36. The van der Waals surface area contributed by atoms with E-state index in [0.717, 1.165) is 11.1 Å². The molecule has 3 heteroatoms. The Morgan fingerprint density at radius 3 is 2.64 bits per heavy atom. The fourth-order valence-electron chi connectivity index (χ4n) is 1.31. The van der Waals surface area contributed by atoms with Crippen molar-refractivity contribution in [2.75, 3.05) is 7.11 Å². The number of aryl methyl sites for hydroxylation is 1. The van der Waals surface area contributed by atoms with Gasteiger partial charge in [0.2, 0.25) is 0 Å². The van der Waals surface area contributed by atoms with Crippen LogP contribution >= 0.6 is 0 Å². The van der Waals surface area contributed by atoms with E-state index in [1.54, 1.807) is 0 Å². The number of hydrogen-bond donors (Lipinski definition) is 1. The minimum atomic E-state index is -0.921. The molecule has 76 valence electrons. The standard InChI is InChI=1S/C11H14O3/c1-8-5-3-4-6-9(8)7-10(14-2)11(12)13/h3-6,10H,7H2,1-2H3,(H,12,13)/t10-/m1/s1. The van der Waals surface area contributed by atoms with E-state index >= 15 is 0 Å². The zero-order valence-electron chi connectivity index (χ0n) is 8.36. The average Bonchev–Trinajstić information content (AvgIpc) is 2.16. The predicted molar refractivity (Wildman–Crippen MR) is 53.3 cm³/mol. The molecule has 0 aliphatic rings. The highest BCUT2D eigenvalue weighted by molar-refractivity contribution is 5.72.